The van der Waals surface area contributed by atoms with Crippen LogP contribution in [-0.2, 0) is 7.05 Å². The molecule has 0 saturated carbocycles. The molecule has 1 saturated heterocycles. The molecular formula is C14H19N5OS. The molecule has 1 amide bonds. The molecule has 2 aromatic rings. The van der Waals surface area contributed by atoms with Crippen LogP contribution in [0.1, 0.15) is 22.5 Å². The zero-order valence-corrected chi connectivity index (χ0v) is 13.1. The van der Waals surface area contributed by atoms with Gasteiger partial charge in [-0.25, -0.2) is 4.98 Å². The lowest BCUT2D eigenvalue weighted by atomic mass is 10.1. The summed E-state index contributed by atoms with van der Waals surface area (Å²) in [6.45, 7) is 1.60. The van der Waals surface area contributed by atoms with E-state index in [1.807, 2.05) is 25.2 Å². The second-order valence-electron chi connectivity index (χ2n) is 5.31. The summed E-state index contributed by atoms with van der Waals surface area (Å²) >= 11 is 1.43. The molecule has 112 valence electrons. The molecule has 1 aliphatic heterocycles. The van der Waals surface area contributed by atoms with E-state index in [1.165, 1.54) is 11.3 Å². The first-order valence-electron chi connectivity index (χ1n) is 7.09. The lowest BCUT2D eigenvalue weighted by molar-refractivity contribution is 0.0703. The maximum Gasteiger partial charge on any atom is 0.265 e. The van der Waals surface area contributed by atoms with Crippen molar-refractivity contribution in [3.8, 4) is 10.6 Å². The molecule has 0 aliphatic carbocycles. The summed E-state index contributed by atoms with van der Waals surface area (Å²) in [5, 5.41) is 8.24. The third-order valence-corrected chi connectivity index (χ3v) is 4.82. The summed E-state index contributed by atoms with van der Waals surface area (Å²) in [7, 11) is 3.82. The van der Waals surface area contributed by atoms with Gasteiger partial charge in [0.05, 0.1) is 12.4 Å². The normalized spacial score (nSPS) is 19.0. The van der Waals surface area contributed by atoms with Crippen molar-refractivity contribution in [1.29, 1.82) is 0 Å². The van der Waals surface area contributed by atoms with Crippen LogP contribution in [0.5, 0.6) is 0 Å². The highest BCUT2D eigenvalue weighted by Crippen LogP contribution is 2.26. The summed E-state index contributed by atoms with van der Waals surface area (Å²) in [5.74, 6) is 0.0857. The Morgan fingerprint density at radius 2 is 2.33 bits per heavy atom. The molecule has 0 radical (unpaired) electrons. The molecule has 1 N–H and O–H groups in total. The SMILES string of the molecule is CNC1CCCN(C(=O)c2cnc(-c3cnn(C)c3)s2)C1. The van der Waals surface area contributed by atoms with Crippen molar-refractivity contribution in [3.05, 3.63) is 23.5 Å². The minimum atomic E-state index is 0.0857. The van der Waals surface area contributed by atoms with Crippen molar-refractivity contribution in [1.82, 2.24) is 25.0 Å². The Labute approximate surface area is 127 Å². The highest BCUT2D eigenvalue weighted by atomic mass is 32.1. The predicted octanol–water partition coefficient (Wildman–Crippen LogP) is 1.37. The summed E-state index contributed by atoms with van der Waals surface area (Å²) in [6, 6.07) is 0.397. The van der Waals surface area contributed by atoms with Gasteiger partial charge in [-0.1, -0.05) is 0 Å². The molecule has 2 aromatic heterocycles. The standard InChI is InChI=1S/C14H19N5OS/c1-15-11-4-3-5-19(9-11)14(20)12-7-16-13(21-12)10-6-17-18(2)8-10/h6-8,11,15H,3-5,9H2,1-2H3. The Morgan fingerprint density at radius 1 is 1.48 bits per heavy atom. The van der Waals surface area contributed by atoms with Crippen molar-refractivity contribution in [2.24, 2.45) is 7.05 Å². The Balaban J connectivity index is 1.75. The van der Waals surface area contributed by atoms with Crippen molar-refractivity contribution < 1.29 is 4.79 Å². The first-order chi connectivity index (χ1) is 10.2. The number of hydrogen-bond acceptors (Lipinski definition) is 5. The number of aryl methyl sites for hydroxylation is 1. The zero-order chi connectivity index (χ0) is 14.8. The molecule has 0 bridgehead atoms. The molecular weight excluding hydrogens is 286 g/mol. The van der Waals surface area contributed by atoms with Crippen LogP contribution < -0.4 is 5.32 Å². The molecule has 1 atom stereocenters. The van der Waals surface area contributed by atoms with Gasteiger partial charge in [0.25, 0.3) is 5.91 Å². The first-order valence-corrected chi connectivity index (χ1v) is 7.90. The largest absolute Gasteiger partial charge is 0.336 e. The number of aromatic nitrogens is 3. The van der Waals surface area contributed by atoms with Crippen LogP contribution in [0.25, 0.3) is 10.6 Å². The van der Waals surface area contributed by atoms with Gasteiger partial charge in [-0.3, -0.25) is 9.48 Å². The number of nitrogens with one attached hydrogen (secondary N) is 1. The molecule has 1 aliphatic rings. The van der Waals surface area contributed by atoms with E-state index in [-0.39, 0.29) is 5.91 Å². The third-order valence-electron chi connectivity index (χ3n) is 3.79. The topological polar surface area (TPSA) is 63.1 Å². The Morgan fingerprint density at radius 3 is 3.05 bits per heavy atom. The van der Waals surface area contributed by atoms with Crippen LogP contribution in [-0.4, -0.2) is 51.8 Å². The lowest BCUT2D eigenvalue weighted by Gasteiger charge is -2.32. The van der Waals surface area contributed by atoms with Crippen molar-refractivity contribution in [2.45, 2.75) is 18.9 Å². The maximum absolute atomic E-state index is 12.6. The van der Waals surface area contributed by atoms with Gasteiger partial charge in [0, 0.05) is 37.9 Å². The lowest BCUT2D eigenvalue weighted by Crippen LogP contribution is -2.46. The number of carbonyl (C=O) groups is 1. The van der Waals surface area contributed by atoms with Gasteiger partial charge in [-0.2, -0.15) is 5.10 Å². The van der Waals surface area contributed by atoms with E-state index < -0.39 is 0 Å². The average Bonchev–Trinajstić information content (AvgIpc) is 3.15. The molecule has 6 nitrogen and oxygen atoms in total. The number of piperidine rings is 1. The van der Waals surface area contributed by atoms with E-state index in [0.29, 0.717) is 10.9 Å². The van der Waals surface area contributed by atoms with Gasteiger partial charge in [-0.15, -0.1) is 11.3 Å². The summed E-state index contributed by atoms with van der Waals surface area (Å²) in [5.41, 5.74) is 0.952. The monoisotopic (exact) mass is 305 g/mol. The number of likely N-dealkylation sites (tertiary alicyclic amines) is 1. The fourth-order valence-electron chi connectivity index (χ4n) is 2.59. The highest BCUT2D eigenvalue weighted by molar-refractivity contribution is 7.16. The average molecular weight is 305 g/mol. The van der Waals surface area contributed by atoms with E-state index in [0.717, 1.165) is 36.5 Å². The fraction of sp³-hybridized carbons (Fsp3) is 0.500. The Kier molecular flexibility index (Phi) is 4.03. The Hall–Kier alpha value is -1.73. The van der Waals surface area contributed by atoms with Gasteiger partial charge >= 0.3 is 0 Å². The van der Waals surface area contributed by atoms with Crippen LogP contribution in [0.2, 0.25) is 0 Å². The fourth-order valence-corrected chi connectivity index (χ4v) is 3.45. The molecule has 1 fully saturated rings. The van der Waals surface area contributed by atoms with E-state index in [9.17, 15) is 4.79 Å². The molecule has 0 aromatic carbocycles. The molecule has 3 heterocycles. The number of hydrogen-bond donors (Lipinski definition) is 1. The number of likely N-dealkylation sites (N-methyl/N-ethyl adjacent to an activating group) is 1. The van der Waals surface area contributed by atoms with Crippen molar-refractivity contribution in [2.75, 3.05) is 20.1 Å². The Bertz CT molecular complexity index is 635. The zero-order valence-electron chi connectivity index (χ0n) is 12.2. The van der Waals surface area contributed by atoms with E-state index in [4.69, 9.17) is 0 Å². The number of amides is 1. The molecule has 1 unspecified atom stereocenters. The van der Waals surface area contributed by atoms with Gasteiger partial charge in [0.2, 0.25) is 0 Å². The summed E-state index contributed by atoms with van der Waals surface area (Å²) in [6.07, 6.45) is 7.53. The van der Waals surface area contributed by atoms with Gasteiger partial charge in [0.1, 0.15) is 9.88 Å². The van der Waals surface area contributed by atoms with Crippen LogP contribution in [0, 0.1) is 0 Å². The maximum atomic E-state index is 12.6. The predicted molar refractivity (Wildman–Crippen MR) is 82.3 cm³/mol. The first kappa shape index (κ1) is 14.2. The van der Waals surface area contributed by atoms with Crippen LogP contribution >= 0.6 is 11.3 Å². The van der Waals surface area contributed by atoms with Crippen LogP contribution in [0.4, 0.5) is 0 Å². The van der Waals surface area contributed by atoms with Crippen molar-refractivity contribution in [3.63, 3.8) is 0 Å². The minimum Gasteiger partial charge on any atom is -0.336 e. The number of thiazole rings is 1. The number of rotatable bonds is 3. The molecule has 0 spiro atoms. The molecule has 7 heteroatoms. The smallest absolute Gasteiger partial charge is 0.265 e. The van der Waals surface area contributed by atoms with E-state index in [1.54, 1.807) is 17.1 Å². The van der Waals surface area contributed by atoms with Gasteiger partial charge < -0.3 is 10.2 Å². The second-order valence-corrected chi connectivity index (χ2v) is 6.34. The van der Waals surface area contributed by atoms with Crippen LogP contribution in [0.15, 0.2) is 18.6 Å². The van der Waals surface area contributed by atoms with E-state index >= 15 is 0 Å². The summed E-state index contributed by atoms with van der Waals surface area (Å²) < 4.78 is 1.74. The number of carbonyl (C=O) groups excluding carboxylic acids is 1. The quantitative estimate of drug-likeness (QED) is 0.930. The summed E-state index contributed by atoms with van der Waals surface area (Å²) in [4.78, 5) is 19.5. The molecule has 3 rings (SSSR count). The van der Waals surface area contributed by atoms with Crippen LogP contribution in [0.3, 0.4) is 0 Å². The third kappa shape index (κ3) is 2.98. The molecule has 21 heavy (non-hydrogen) atoms. The van der Waals surface area contributed by atoms with Gasteiger partial charge in [0.15, 0.2) is 0 Å². The van der Waals surface area contributed by atoms with Crippen molar-refractivity contribution >= 4 is 17.2 Å². The second kappa shape index (κ2) is 5.95. The highest BCUT2D eigenvalue weighted by Gasteiger charge is 2.25. The minimum absolute atomic E-state index is 0.0857. The number of nitrogens with zero attached hydrogens (tertiary/aromatic N) is 4. The van der Waals surface area contributed by atoms with E-state index in [2.05, 4.69) is 15.4 Å². The van der Waals surface area contributed by atoms with Gasteiger partial charge in [-0.05, 0) is 19.9 Å².